The third-order valence-corrected chi connectivity index (χ3v) is 8.25. The number of anilines is 1. The number of halogens is 5. The number of benzene rings is 2. The van der Waals surface area contributed by atoms with Gasteiger partial charge in [0.05, 0.1) is 18.0 Å². The maximum Gasteiger partial charge on any atom is 0.288 e. The molecule has 2 aliphatic rings. The Morgan fingerprint density at radius 3 is 1.92 bits per heavy atom. The van der Waals surface area contributed by atoms with Gasteiger partial charge in [-0.2, -0.15) is 0 Å². The lowest BCUT2D eigenvalue weighted by molar-refractivity contribution is 0.173. The highest BCUT2D eigenvalue weighted by molar-refractivity contribution is 9.11. The van der Waals surface area contributed by atoms with E-state index in [4.69, 9.17) is 49.4 Å². The molecule has 6 aromatic rings. The summed E-state index contributed by atoms with van der Waals surface area (Å²) in [4.78, 5) is 22.9. The van der Waals surface area contributed by atoms with Crippen molar-refractivity contribution in [3.63, 3.8) is 0 Å². The van der Waals surface area contributed by atoms with Gasteiger partial charge in [0, 0.05) is 31.0 Å². The molecule has 0 unspecified atom stereocenters. The fourth-order valence-electron chi connectivity index (χ4n) is 4.62. The molecule has 0 fully saturated rings. The molecule has 0 radical (unpaired) electrons. The first-order chi connectivity index (χ1) is 23.7. The zero-order chi connectivity index (χ0) is 34.7. The van der Waals surface area contributed by atoms with Crippen LogP contribution in [0.1, 0.15) is 11.1 Å². The van der Waals surface area contributed by atoms with Crippen LogP contribution in [-0.4, -0.2) is 42.3 Å². The van der Waals surface area contributed by atoms with Gasteiger partial charge >= 0.3 is 0 Å². The summed E-state index contributed by atoms with van der Waals surface area (Å²) in [5.41, 5.74) is 7.24. The molecule has 0 saturated carbocycles. The van der Waals surface area contributed by atoms with Gasteiger partial charge in [-0.25, -0.2) is 18.7 Å². The molecule has 19 heteroatoms. The lowest BCUT2D eigenvalue weighted by Crippen LogP contribution is -2.08. The molecule has 0 spiro atoms. The highest BCUT2D eigenvalue weighted by atomic mass is 79.9. The molecular formula is C30H19Br2ClF2N10O4. The fraction of sp³-hybridized carbons (Fsp3) is 0.133. The molecule has 6 heterocycles. The van der Waals surface area contributed by atoms with Crippen molar-refractivity contribution in [2.45, 2.75) is 13.1 Å². The van der Waals surface area contributed by atoms with E-state index in [2.05, 4.69) is 66.8 Å². The third kappa shape index (κ3) is 6.85. The number of hydrogen-bond donors (Lipinski definition) is 2. The first kappa shape index (κ1) is 33.6. The number of aromatic nitrogens is 6. The van der Waals surface area contributed by atoms with E-state index in [9.17, 15) is 8.78 Å². The zero-order valence-corrected chi connectivity index (χ0v) is 28.6. The molecule has 0 saturated heterocycles. The van der Waals surface area contributed by atoms with Crippen LogP contribution in [0.25, 0.3) is 21.0 Å². The van der Waals surface area contributed by atoms with Crippen molar-refractivity contribution in [1.82, 2.24) is 28.7 Å². The second kappa shape index (κ2) is 14.5. The SMILES string of the molecule is NCc1c(F)ccc2c1OCO2.[C-]#[N+]c1cn2c(Cl)ncc(Br)c2n1.[C-]#[N+]c1cn2c(NCc3c(F)ccc4c3OCO4)ncc(Br)c2n1. The largest absolute Gasteiger partial charge is 0.454 e. The van der Waals surface area contributed by atoms with Crippen molar-refractivity contribution in [2.24, 2.45) is 5.73 Å². The molecule has 0 bridgehead atoms. The van der Waals surface area contributed by atoms with Crippen molar-refractivity contribution in [3.8, 4) is 23.0 Å². The van der Waals surface area contributed by atoms with Gasteiger partial charge in [-0.15, -0.1) is 0 Å². The molecule has 2 aliphatic heterocycles. The highest BCUT2D eigenvalue weighted by Gasteiger charge is 2.22. The molecule has 49 heavy (non-hydrogen) atoms. The van der Waals surface area contributed by atoms with Crippen molar-refractivity contribution in [2.75, 3.05) is 18.9 Å². The Labute approximate surface area is 297 Å². The monoisotopic (exact) mass is 814 g/mol. The lowest BCUT2D eigenvalue weighted by Gasteiger charge is -2.10. The summed E-state index contributed by atoms with van der Waals surface area (Å²) in [7, 11) is 0. The van der Waals surface area contributed by atoms with Crippen molar-refractivity contribution >= 4 is 72.3 Å². The number of rotatable bonds is 4. The lowest BCUT2D eigenvalue weighted by atomic mass is 10.1. The van der Waals surface area contributed by atoms with Crippen LogP contribution in [0.5, 0.6) is 23.0 Å². The second-order valence-corrected chi connectivity index (χ2v) is 11.7. The number of nitrogens with one attached hydrogen (secondary N) is 1. The van der Waals surface area contributed by atoms with E-state index in [-0.39, 0.29) is 38.3 Å². The van der Waals surface area contributed by atoms with E-state index in [1.54, 1.807) is 33.6 Å². The number of nitrogens with two attached hydrogens (primary N) is 1. The minimum atomic E-state index is -0.396. The summed E-state index contributed by atoms with van der Waals surface area (Å²) in [6, 6.07) is 5.74. The first-order valence-electron chi connectivity index (χ1n) is 13.8. The minimum Gasteiger partial charge on any atom is -0.454 e. The van der Waals surface area contributed by atoms with Crippen LogP contribution in [0, 0.1) is 24.8 Å². The Morgan fingerprint density at radius 2 is 1.35 bits per heavy atom. The zero-order valence-electron chi connectivity index (χ0n) is 24.6. The van der Waals surface area contributed by atoms with Crippen molar-refractivity contribution < 1.29 is 27.7 Å². The summed E-state index contributed by atoms with van der Waals surface area (Å²) in [6.07, 6.45) is 6.23. The Morgan fingerprint density at radius 1 is 0.816 bits per heavy atom. The summed E-state index contributed by atoms with van der Waals surface area (Å²) in [5, 5.41) is 3.34. The molecule has 14 nitrogen and oxygen atoms in total. The average Bonchev–Trinajstić information content (AvgIpc) is 3.93. The van der Waals surface area contributed by atoms with Crippen LogP contribution in [0.2, 0.25) is 5.28 Å². The Hall–Kier alpha value is -5.27. The first-order valence-corrected chi connectivity index (χ1v) is 15.7. The van der Waals surface area contributed by atoms with E-state index in [0.717, 1.165) is 0 Å². The number of fused-ring (bicyclic) bond motifs is 4. The van der Waals surface area contributed by atoms with E-state index in [1.165, 1.54) is 24.3 Å². The fourth-order valence-corrected chi connectivity index (χ4v) is 5.56. The Bertz CT molecular complexity index is 2270. The van der Waals surface area contributed by atoms with E-state index in [1.807, 2.05) is 0 Å². The van der Waals surface area contributed by atoms with Gasteiger partial charge in [0.25, 0.3) is 11.6 Å². The molecule has 4 aromatic heterocycles. The van der Waals surface area contributed by atoms with Crippen LogP contribution in [-0.2, 0) is 13.1 Å². The Balaban J connectivity index is 0.000000140. The van der Waals surface area contributed by atoms with E-state index in [0.29, 0.717) is 71.4 Å². The van der Waals surface area contributed by atoms with Crippen molar-refractivity contribution in [3.05, 3.63) is 109 Å². The van der Waals surface area contributed by atoms with Crippen LogP contribution < -0.4 is 30.0 Å². The Kier molecular flexibility index (Phi) is 9.92. The molecule has 3 N–H and O–H groups in total. The van der Waals surface area contributed by atoms with Crippen LogP contribution in [0.15, 0.2) is 58.0 Å². The number of nitrogens with zero attached hydrogens (tertiary/aromatic N) is 8. The smallest absolute Gasteiger partial charge is 0.288 e. The number of imidazole rings is 2. The number of hydrogen-bond acceptors (Lipinski definition) is 10. The van der Waals surface area contributed by atoms with Crippen LogP contribution in [0.4, 0.5) is 26.4 Å². The standard InChI is InChI=1S/C15H9BrFN5O2.C8H8FNO2.C7H2BrClN4/c1-18-12-6-22-14(21-12)9(16)5-20-15(22)19-4-8-10(17)2-3-11-13(8)24-7-23-11;9-6-1-2-7-8(5(6)3-10)12-4-11-7;1-10-5-3-13-6(12-5)4(8)2-11-7(13)9/h2-3,5-6H,4,7H2,(H,19,20);1-2H,3-4,10H2;2-3H. The van der Waals surface area contributed by atoms with Gasteiger partial charge < -0.3 is 39.7 Å². The minimum absolute atomic E-state index is 0.0719. The van der Waals surface area contributed by atoms with Gasteiger partial charge in [0.1, 0.15) is 20.6 Å². The number of ether oxygens (including phenoxy) is 4. The molecule has 8 rings (SSSR count). The predicted octanol–water partition coefficient (Wildman–Crippen LogP) is 7.23. The molecule has 2 aromatic carbocycles. The summed E-state index contributed by atoms with van der Waals surface area (Å²) in [5.74, 6) is 2.16. The van der Waals surface area contributed by atoms with E-state index >= 15 is 0 Å². The molecular weight excluding hydrogens is 798 g/mol. The highest BCUT2D eigenvalue weighted by Crippen LogP contribution is 2.38. The van der Waals surface area contributed by atoms with Crippen LogP contribution in [0.3, 0.4) is 0 Å². The normalized spacial score (nSPS) is 12.1. The molecule has 248 valence electrons. The van der Waals surface area contributed by atoms with Gasteiger partial charge in [0.2, 0.25) is 36.1 Å². The second-order valence-electron chi connectivity index (χ2n) is 9.69. The molecule has 0 aliphatic carbocycles. The van der Waals surface area contributed by atoms with Gasteiger partial charge in [-0.3, -0.25) is 8.80 Å². The summed E-state index contributed by atoms with van der Waals surface area (Å²) < 4.78 is 52.4. The van der Waals surface area contributed by atoms with Gasteiger partial charge in [0.15, 0.2) is 23.0 Å². The van der Waals surface area contributed by atoms with Crippen LogP contribution >= 0.6 is 43.5 Å². The molecule has 0 amide bonds. The predicted molar refractivity (Wildman–Crippen MR) is 179 cm³/mol. The quantitative estimate of drug-likeness (QED) is 0.138. The molecule has 0 atom stereocenters. The van der Waals surface area contributed by atoms with Gasteiger partial charge in [-0.05, 0) is 67.7 Å². The topological polar surface area (TPSA) is 144 Å². The third-order valence-electron chi connectivity index (χ3n) is 6.85. The maximum absolute atomic E-state index is 14.1. The summed E-state index contributed by atoms with van der Waals surface area (Å²) in [6.45, 7) is 14.4. The summed E-state index contributed by atoms with van der Waals surface area (Å²) >= 11 is 12.4. The van der Waals surface area contributed by atoms with E-state index < -0.39 is 5.82 Å². The van der Waals surface area contributed by atoms with Gasteiger partial charge in [-0.1, -0.05) is 23.1 Å². The maximum atomic E-state index is 14.1. The average molecular weight is 817 g/mol. The van der Waals surface area contributed by atoms with Crippen molar-refractivity contribution in [1.29, 1.82) is 0 Å².